The Kier molecular flexibility index (Phi) is 3.93. The van der Waals surface area contributed by atoms with Crippen molar-refractivity contribution < 1.29 is 12.3 Å². The van der Waals surface area contributed by atoms with Crippen LogP contribution in [0.1, 0.15) is 19.3 Å². The topological polar surface area (TPSA) is 60.2 Å². The maximum atomic E-state index is 12.2. The fourth-order valence-corrected chi connectivity index (χ4v) is 2.59. The van der Waals surface area contributed by atoms with Crippen molar-refractivity contribution in [1.29, 1.82) is 0 Å². The van der Waals surface area contributed by atoms with Crippen LogP contribution in [-0.2, 0) is 10.2 Å². The van der Waals surface area contributed by atoms with Crippen molar-refractivity contribution in [3.63, 3.8) is 0 Å². The van der Waals surface area contributed by atoms with Gasteiger partial charge in [0.15, 0.2) is 0 Å². The molecule has 0 aromatic carbocycles. The summed E-state index contributed by atoms with van der Waals surface area (Å²) >= 11 is 0. The third-order valence-corrected chi connectivity index (χ3v) is 3.28. The van der Waals surface area contributed by atoms with E-state index in [1.807, 2.05) is 0 Å². The minimum Gasteiger partial charge on any atom is -0.330 e. The van der Waals surface area contributed by atoms with Crippen LogP contribution in [0.5, 0.6) is 0 Å². The van der Waals surface area contributed by atoms with Gasteiger partial charge in [0.05, 0.1) is 5.75 Å². The number of nitrogens with two attached hydrogens (primary N) is 1. The highest BCUT2D eigenvalue weighted by Crippen LogP contribution is 2.41. The van der Waals surface area contributed by atoms with Gasteiger partial charge in [0.25, 0.3) is 0 Å². The fraction of sp³-hybridized carbons (Fsp3) is 1.00. The summed E-state index contributed by atoms with van der Waals surface area (Å²) in [6, 6.07) is 0. The zero-order valence-electron chi connectivity index (χ0n) is 6.62. The quantitative estimate of drug-likeness (QED) is 0.713. The molecule has 12 heavy (non-hydrogen) atoms. The molecule has 0 bridgehead atoms. The highest BCUT2D eigenvalue weighted by molar-refractivity contribution is 7.86. The van der Waals surface area contributed by atoms with Gasteiger partial charge in [0, 0.05) is 0 Å². The Labute approximate surface area is 78.1 Å². The Morgan fingerprint density at radius 1 is 1.42 bits per heavy atom. The number of halogens is 2. The van der Waals surface area contributed by atoms with Gasteiger partial charge in [0.2, 0.25) is 0 Å². The molecule has 0 aliphatic heterocycles. The van der Waals surface area contributed by atoms with Crippen LogP contribution in [0, 0.1) is 5.41 Å². The van der Waals surface area contributed by atoms with Gasteiger partial charge in [-0.2, -0.15) is 8.42 Å². The van der Waals surface area contributed by atoms with E-state index in [2.05, 4.69) is 0 Å². The maximum Gasteiger partial charge on any atom is 0.303 e. The zero-order valence-corrected chi connectivity index (χ0v) is 8.26. The van der Waals surface area contributed by atoms with Crippen molar-refractivity contribution in [1.82, 2.24) is 0 Å². The second-order valence-corrected chi connectivity index (χ2v) is 4.61. The van der Waals surface area contributed by atoms with Gasteiger partial charge < -0.3 is 5.73 Å². The Morgan fingerprint density at radius 2 is 1.92 bits per heavy atom. The molecule has 0 radical (unpaired) electrons. The van der Waals surface area contributed by atoms with E-state index in [0.29, 0.717) is 0 Å². The average Bonchev–Trinajstić information content (AvgIpc) is 1.77. The lowest BCUT2D eigenvalue weighted by molar-refractivity contribution is 0.175. The summed E-state index contributed by atoms with van der Waals surface area (Å²) in [4.78, 5) is 0. The Balaban J connectivity index is 0.00000121. The molecule has 0 aromatic rings. The van der Waals surface area contributed by atoms with Gasteiger partial charge in [-0.25, -0.2) is 0 Å². The first-order valence-corrected chi connectivity index (χ1v) is 5.15. The second-order valence-electron chi connectivity index (χ2n) is 3.24. The first kappa shape index (κ1) is 12.1. The Morgan fingerprint density at radius 3 is 2.00 bits per heavy atom. The van der Waals surface area contributed by atoms with E-state index in [1.54, 1.807) is 0 Å². The lowest BCUT2D eigenvalue weighted by Crippen LogP contribution is -2.42. The Hall–Kier alpha value is 0.130. The normalized spacial score (nSPS) is 20.8. The molecular weight excluding hydrogens is 205 g/mol. The van der Waals surface area contributed by atoms with Crippen molar-refractivity contribution in [3.8, 4) is 0 Å². The molecule has 74 valence electrons. The summed E-state index contributed by atoms with van der Waals surface area (Å²) in [6.07, 6.45) is 2.45. The van der Waals surface area contributed by atoms with E-state index in [0.717, 1.165) is 19.3 Å². The highest BCUT2D eigenvalue weighted by atomic mass is 35.5. The van der Waals surface area contributed by atoms with E-state index in [1.165, 1.54) is 0 Å². The molecule has 0 atom stereocenters. The molecule has 0 saturated heterocycles. The monoisotopic (exact) mass is 217 g/mol. The molecule has 0 spiro atoms. The van der Waals surface area contributed by atoms with Crippen molar-refractivity contribution in [2.24, 2.45) is 11.1 Å². The molecule has 2 N–H and O–H groups in total. The molecule has 1 rings (SSSR count). The van der Waals surface area contributed by atoms with Crippen LogP contribution < -0.4 is 5.73 Å². The first-order valence-electron chi connectivity index (χ1n) is 3.60. The largest absolute Gasteiger partial charge is 0.330 e. The summed E-state index contributed by atoms with van der Waals surface area (Å²) in [5, 5.41) is 0. The smallest absolute Gasteiger partial charge is 0.303 e. The molecule has 0 amide bonds. The van der Waals surface area contributed by atoms with Gasteiger partial charge >= 0.3 is 10.2 Å². The fourth-order valence-electron chi connectivity index (χ4n) is 1.45. The zero-order chi connectivity index (χ0) is 8.54. The van der Waals surface area contributed by atoms with Gasteiger partial charge in [-0.3, -0.25) is 0 Å². The Bertz CT molecular complexity index is 232. The number of rotatable bonds is 3. The predicted octanol–water partition coefficient (Wildman–Crippen LogP) is 0.837. The second kappa shape index (κ2) is 3.89. The molecular formula is C6H13ClFNO2S. The van der Waals surface area contributed by atoms with E-state index < -0.39 is 21.4 Å². The lowest BCUT2D eigenvalue weighted by atomic mass is 9.70. The van der Waals surface area contributed by atoms with Crippen LogP contribution in [0.25, 0.3) is 0 Å². The third-order valence-electron chi connectivity index (χ3n) is 2.33. The summed E-state index contributed by atoms with van der Waals surface area (Å²) in [5.74, 6) is -0.392. The molecule has 0 heterocycles. The van der Waals surface area contributed by atoms with E-state index in [-0.39, 0.29) is 19.0 Å². The van der Waals surface area contributed by atoms with Crippen molar-refractivity contribution >= 4 is 22.6 Å². The van der Waals surface area contributed by atoms with Crippen LogP contribution in [0.4, 0.5) is 3.89 Å². The highest BCUT2D eigenvalue weighted by Gasteiger charge is 2.39. The standard InChI is InChI=1S/C6H12FNO2S.ClH/c7-11(9,10)5-6(4-8)2-1-3-6;/h1-5,8H2;1H. The molecule has 3 nitrogen and oxygen atoms in total. The molecule has 0 aromatic heterocycles. The summed E-state index contributed by atoms with van der Waals surface area (Å²) in [5.41, 5.74) is 4.91. The van der Waals surface area contributed by atoms with E-state index in [4.69, 9.17) is 5.73 Å². The van der Waals surface area contributed by atoms with Gasteiger partial charge in [-0.05, 0) is 24.8 Å². The van der Waals surface area contributed by atoms with Crippen LogP contribution >= 0.6 is 12.4 Å². The SMILES string of the molecule is Cl.NCC1(CS(=O)(=O)F)CCC1. The van der Waals surface area contributed by atoms with Crippen molar-refractivity contribution in [3.05, 3.63) is 0 Å². The predicted molar refractivity (Wildman–Crippen MR) is 47.5 cm³/mol. The summed E-state index contributed by atoms with van der Waals surface area (Å²) in [7, 11) is -4.33. The van der Waals surface area contributed by atoms with Crippen LogP contribution in [0.15, 0.2) is 0 Å². The minimum absolute atomic E-state index is 0. The summed E-state index contributed by atoms with van der Waals surface area (Å²) < 4.78 is 32.8. The van der Waals surface area contributed by atoms with Crippen LogP contribution in [0.2, 0.25) is 0 Å². The van der Waals surface area contributed by atoms with Gasteiger partial charge in [-0.1, -0.05) is 6.42 Å². The van der Waals surface area contributed by atoms with Crippen molar-refractivity contribution in [2.45, 2.75) is 19.3 Å². The maximum absolute atomic E-state index is 12.2. The average molecular weight is 218 g/mol. The molecule has 0 unspecified atom stereocenters. The lowest BCUT2D eigenvalue weighted by Gasteiger charge is -2.39. The number of hydrogen-bond donors (Lipinski definition) is 1. The third kappa shape index (κ3) is 2.88. The van der Waals surface area contributed by atoms with Crippen LogP contribution in [-0.4, -0.2) is 20.7 Å². The molecule has 6 heteroatoms. The summed E-state index contributed by atoms with van der Waals surface area (Å²) in [6.45, 7) is 0.274. The number of hydrogen-bond acceptors (Lipinski definition) is 3. The molecule has 1 aliphatic carbocycles. The first-order chi connectivity index (χ1) is 4.97. The van der Waals surface area contributed by atoms with Crippen LogP contribution in [0.3, 0.4) is 0 Å². The van der Waals surface area contributed by atoms with E-state index >= 15 is 0 Å². The minimum atomic E-state index is -4.33. The van der Waals surface area contributed by atoms with Gasteiger partial charge in [-0.15, -0.1) is 16.3 Å². The van der Waals surface area contributed by atoms with E-state index in [9.17, 15) is 12.3 Å². The van der Waals surface area contributed by atoms with Gasteiger partial charge in [0.1, 0.15) is 0 Å². The molecule has 1 aliphatic rings. The van der Waals surface area contributed by atoms with Crippen molar-refractivity contribution in [2.75, 3.05) is 12.3 Å². The molecule has 1 fully saturated rings. The molecule has 1 saturated carbocycles.